The molecule has 0 aromatic heterocycles. The number of ketones is 1. The summed E-state index contributed by atoms with van der Waals surface area (Å²) in [7, 11) is 0. The van der Waals surface area contributed by atoms with Crippen molar-refractivity contribution < 1.29 is 14.6 Å². The van der Waals surface area contributed by atoms with Crippen LogP contribution in [0.3, 0.4) is 0 Å². The van der Waals surface area contributed by atoms with Gasteiger partial charge in [0.05, 0.1) is 17.2 Å². The predicted octanol–water partition coefficient (Wildman–Crippen LogP) is 2.39. The van der Waals surface area contributed by atoms with Gasteiger partial charge in [-0.3, -0.25) is 4.79 Å². The molecule has 0 fully saturated rings. The third-order valence-corrected chi connectivity index (χ3v) is 3.07. The van der Waals surface area contributed by atoms with Crippen LogP contribution in [0.2, 0.25) is 0 Å². The van der Waals surface area contributed by atoms with Crippen LogP contribution in [0.25, 0.3) is 0 Å². The second-order valence-electron chi connectivity index (χ2n) is 4.28. The lowest BCUT2D eigenvalue weighted by Gasteiger charge is -2.05. The zero-order valence-corrected chi connectivity index (χ0v) is 9.88. The highest BCUT2D eigenvalue weighted by atomic mass is 16.5. The fourth-order valence-corrected chi connectivity index (χ4v) is 2.13. The van der Waals surface area contributed by atoms with Gasteiger partial charge < -0.3 is 9.84 Å². The average molecular weight is 251 g/mol. The van der Waals surface area contributed by atoms with Crippen LogP contribution in [0, 0.1) is 11.3 Å². The lowest BCUT2D eigenvalue weighted by Crippen LogP contribution is -2.03. The van der Waals surface area contributed by atoms with E-state index in [2.05, 4.69) is 0 Å². The molecular weight excluding hydrogens is 242 g/mol. The average Bonchev–Trinajstić information content (AvgIpc) is 2.57. The first kappa shape index (κ1) is 11.3. The molecule has 3 rings (SSSR count). The highest BCUT2D eigenvalue weighted by Gasteiger charge is 2.22. The van der Waals surface area contributed by atoms with Crippen molar-refractivity contribution in [1.29, 1.82) is 5.26 Å². The molecule has 0 atom stereocenters. The van der Waals surface area contributed by atoms with Crippen LogP contribution in [-0.2, 0) is 6.61 Å². The quantitative estimate of drug-likeness (QED) is 0.780. The number of nitrogens with zero attached hydrogens (tertiary/aromatic N) is 1. The number of phenolic OH excluding ortho intramolecular Hbond substituents is 1. The third kappa shape index (κ3) is 1.81. The van der Waals surface area contributed by atoms with E-state index in [1.807, 2.05) is 6.07 Å². The number of aromatic hydroxyl groups is 1. The molecule has 0 radical (unpaired) electrons. The van der Waals surface area contributed by atoms with Gasteiger partial charge in [0.2, 0.25) is 0 Å². The monoisotopic (exact) mass is 251 g/mol. The fraction of sp³-hybridized carbons (Fsp3) is 0.0667. The Morgan fingerprint density at radius 1 is 1.16 bits per heavy atom. The second-order valence-corrected chi connectivity index (χ2v) is 4.28. The summed E-state index contributed by atoms with van der Waals surface area (Å²) in [5.74, 6) is 0.258. The zero-order chi connectivity index (χ0) is 13.4. The molecule has 1 heterocycles. The first-order valence-electron chi connectivity index (χ1n) is 5.72. The minimum absolute atomic E-state index is 0.0211. The fourth-order valence-electron chi connectivity index (χ4n) is 2.13. The van der Waals surface area contributed by atoms with Gasteiger partial charge in [-0.1, -0.05) is 0 Å². The molecule has 92 valence electrons. The van der Waals surface area contributed by atoms with Crippen LogP contribution >= 0.6 is 0 Å². The minimum Gasteiger partial charge on any atom is -0.508 e. The number of hydrogen-bond acceptors (Lipinski definition) is 4. The van der Waals surface area contributed by atoms with Gasteiger partial charge >= 0.3 is 0 Å². The smallest absolute Gasteiger partial charge is 0.197 e. The minimum atomic E-state index is -0.206. The van der Waals surface area contributed by atoms with E-state index in [4.69, 9.17) is 10.00 Å². The van der Waals surface area contributed by atoms with E-state index in [0.717, 1.165) is 0 Å². The first-order valence-corrected chi connectivity index (χ1v) is 5.72. The van der Waals surface area contributed by atoms with Gasteiger partial charge in [0.15, 0.2) is 5.78 Å². The first-order chi connectivity index (χ1) is 9.19. The Morgan fingerprint density at radius 3 is 2.79 bits per heavy atom. The Hall–Kier alpha value is -2.80. The van der Waals surface area contributed by atoms with Crippen molar-refractivity contribution in [3.63, 3.8) is 0 Å². The molecule has 2 aromatic carbocycles. The van der Waals surface area contributed by atoms with E-state index in [-0.39, 0.29) is 18.1 Å². The van der Waals surface area contributed by atoms with Crippen molar-refractivity contribution in [2.45, 2.75) is 6.61 Å². The van der Waals surface area contributed by atoms with Gasteiger partial charge in [0.1, 0.15) is 18.1 Å². The zero-order valence-electron chi connectivity index (χ0n) is 9.88. The van der Waals surface area contributed by atoms with Crippen LogP contribution in [0.15, 0.2) is 36.4 Å². The molecule has 4 heteroatoms. The number of benzene rings is 2. The highest BCUT2D eigenvalue weighted by molar-refractivity contribution is 6.12. The van der Waals surface area contributed by atoms with Crippen LogP contribution in [0.4, 0.5) is 0 Å². The number of phenols is 1. The summed E-state index contributed by atoms with van der Waals surface area (Å²) in [5, 5.41) is 18.4. The van der Waals surface area contributed by atoms with E-state index in [1.54, 1.807) is 24.3 Å². The molecule has 4 nitrogen and oxygen atoms in total. The Labute approximate surface area is 109 Å². The van der Waals surface area contributed by atoms with Crippen molar-refractivity contribution in [3.8, 4) is 17.6 Å². The molecule has 2 aromatic rings. The van der Waals surface area contributed by atoms with E-state index in [1.165, 1.54) is 12.1 Å². The maximum absolute atomic E-state index is 12.4. The summed E-state index contributed by atoms with van der Waals surface area (Å²) in [6.07, 6.45) is 0. The SMILES string of the molecule is N#Cc1ccc2c(c1)COc1ccc(O)cc1C2=O. The van der Waals surface area contributed by atoms with Crippen LogP contribution < -0.4 is 4.74 Å². The molecule has 0 saturated heterocycles. The summed E-state index contributed by atoms with van der Waals surface area (Å²) in [5.41, 5.74) is 2.01. The molecule has 0 amide bonds. The molecule has 0 aliphatic carbocycles. The Morgan fingerprint density at radius 2 is 2.00 bits per heavy atom. The summed E-state index contributed by atoms with van der Waals surface area (Å²) in [4.78, 5) is 12.4. The van der Waals surface area contributed by atoms with Crippen LogP contribution in [0.5, 0.6) is 11.5 Å². The van der Waals surface area contributed by atoms with Gasteiger partial charge in [-0.15, -0.1) is 0 Å². The Bertz CT molecular complexity index is 729. The molecule has 1 aliphatic heterocycles. The van der Waals surface area contributed by atoms with Gasteiger partial charge in [0.25, 0.3) is 0 Å². The van der Waals surface area contributed by atoms with Gasteiger partial charge in [-0.2, -0.15) is 5.26 Å². The molecule has 0 saturated carbocycles. The van der Waals surface area contributed by atoms with Gasteiger partial charge in [-0.25, -0.2) is 0 Å². The van der Waals surface area contributed by atoms with E-state index in [9.17, 15) is 9.90 Å². The number of carbonyl (C=O) groups excluding carboxylic acids is 1. The van der Waals surface area contributed by atoms with Crippen molar-refractivity contribution in [1.82, 2.24) is 0 Å². The molecule has 19 heavy (non-hydrogen) atoms. The van der Waals surface area contributed by atoms with Crippen molar-refractivity contribution >= 4 is 5.78 Å². The molecule has 0 bridgehead atoms. The summed E-state index contributed by atoms with van der Waals surface area (Å²) in [6.45, 7) is 0.231. The third-order valence-electron chi connectivity index (χ3n) is 3.07. The van der Waals surface area contributed by atoms with Crippen LogP contribution in [-0.4, -0.2) is 10.9 Å². The van der Waals surface area contributed by atoms with Gasteiger partial charge in [0, 0.05) is 11.1 Å². The van der Waals surface area contributed by atoms with Crippen molar-refractivity contribution in [2.24, 2.45) is 0 Å². The molecule has 1 N–H and O–H groups in total. The van der Waals surface area contributed by atoms with Crippen molar-refractivity contribution in [2.75, 3.05) is 0 Å². The number of carbonyl (C=O) groups is 1. The molecule has 0 unspecified atom stereocenters. The lowest BCUT2D eigenvalue weighted by molar-refractivity contribution is 0.103. The standard InChI is InChI=1S/C15H9NO3/c16-7-9-1-3-12-10(5-9)8-19-14-4-2-11(17)6-13(14)15(12)18/h1-6,17H,8H2. The van der Waals surface area contributed by atoms with E-state index < -0.39 is 0 Å². The van der Waals surface area contributed by atoms with E-state index >= 15 is 0 Å². The maximum Gasteiger partial charge on any atom is 0.197 e. The number of nitriles is 1. The summed E-state index contributed by atoms with van der Waals surface area (Å²) in [6, 6.07) is 11.4. The topological polar surface area (TPSA) is 70.3 Å². The second kappa shape index (κ2) is 4.14. The normalized spacial score (nSPS) is 12.7. The predicted molar refractivity (Wildman–Crippen MR) is 67.0 cm³/mol. The molecular formula is C15H9NO3. The number of fused-ring (bicyclic) bond motifs is 2. The Balaban J connectivity index is 2.18. The largest absolute Gasteiger partial charge is 0.508 e. The number of rotatable bonds is 0. The van der Waals surface area contributed by atoms with Gasteiger partial charge in [-0.05, 0) is 36.4 Å². The van der Waals surface area contributed by atoms with Crippen LogP contribution in [0.1, 0.15) is 27.0 Å². The van der Waals surface area contributed by atoms with Crippen molar-refractivity contribution in [3.05, 3.63) is 58.7 Å². The summed E-state index contributed by atoms with van der Waals surface area (Å²) < 4.78 is 5.56. The Kier molecular flexibility index (Phi) is 2.46. The summed E-state index contributed by atoms with van der Waals surface area (Å²) >= 11 is 0. The number of hydrogen-bond donors (Lipinski definition) is 1. The van der Waals surface area contributed by atoms with E-state index in [0.29, 0.717) is 28.0 Å². The molecule has 0 spiro atoms. The maximum atomic E-state index is 12.4. The molecule has 1 aliphatic rings. The highest BCUT2D eigenvalue weighted by Crippen LogP contribution is 2.31. The number of ether oxygens (including phenoxy) is 1. The lowest BCUT2D eigenvalue weighted by atomic mass is 9.97.